The summed E-state index contributed by atoms with van der Waals surface area (Å²) in [6, 6.07) is 7.67. The monoisotopic (exact) mass is 375 g/mol. The van der Waals surface area contributed by atoms with Crippen molar-refractivity contribution in [3.63, 3.8) is 0 Å². The quantitative estimate of drug-likeness (QED) is 0.833. The van der Waals surface area contributed by atoms with Gasteiger partial charge in [-0.25, -0.2) is 4.99 Å². The molecule has 138 valence electrons. The van der Waals surface area contributed by atoms with E-state index in [1.807, 2.05) is 35.4 Å². The van der Waals surface area contributed by atoms with Crippen LogP contribution in [0.1, 0.15) is 0 Å². The second kappa shape index (κ2) is 6.96. The molecule has 1 aromatic rings. The normalized spacial score (nSPS) is 30.0. The van der Waals surface area contributed by atoms with Crippen LogP contribution in [-0.4, -0.2) is 59.5 Å². The third kappa shape index (κ3) is 2.88. The van der Waals surface area contributed by atoms with Gasteiger partial charge in [-0.1, -0.05) is 18.7 Å². The number of hydrogen-bond acceptors (Lipinski definition) is 8. The van der Waals surface area contributed by atoms with Gasteiger partial charge in [0.15, 0.2) is 17.3 Å². The number of nitrogens with zero attached hydrogens (tertiary/aromatic N) is 2. The largest absolute Gasteiger partial charge is 0.450 e. The Hall–Kier alpha value is -2.00. The Labute approximate surface area is 156 Å². The van der Waals surface area contributed by atoms with E-state index in [2.05, 4.69) is 16.9 Å². The fraction of sp³-hybridized carbons (Fsp3) is 0.389. The number of thioether (sulfide) groups is 1. The number of aliphatic imine (C=N–C) groups is 1. The average molecular weight is 375 g/mol. The summed E-state index contributed by atoms with van der Waals surface area (Å²) >= 11 is 1.59. The molecule has 0 amide bonds. The molecule has 0 aliphatic carbocycles. The third-order valence-electron chi connectivity index (χ3n) is 4.58. The molecular formula is C18H21N3O4S. The molecular weight excluding hydrogens is 354 g/mol. The van der Waals surface area contributed by atoms with Crippen LogP contribution >= 0.6 is 11.8 Å². The van der Waals surface area contributed by atoms with Crippen LogP contribution in [0.5, 0.6) is 5.75 Å². The average Bonchev–Trinajstić information content (AvgIpc) is 2.95. The van der Waals surface area contributed by atoms with Crippen molar-refractivity contribution in [3.8, 4) is 5.75 Å². The first kappa shape index (κ1) is 17.4. The zero-order valence-electron chi connectivity index (χ0n) is 14.6. The SMILES string of the molecule is C=C1N=C2Nc3ccccc3OC2=CN1[C@@H]1S[C@H](COC)C(OC)[C@@H]1O. The molecule has 2 N–H and O–H groups in total. The number of fused-ring (bicyclic) bond motifs is 2. The van der Waals surface area contributed by atoms with E-state index in [1.165, 1.54) is 0 Å². The molecule has 7 nitrogen and oxygen atoms in total. The van der Waals surface area contributed by atoms with E-state index in [4.69, 9.17) is 14.2 Å². The molecule has 1 aromatic carbocycles. The number of amidine groups is 1. The predicted octanol–water partition coefficient (Wildman–Crippen LogP) is 1.98. The van der Waals surface area contributed by atoms with Crippen molar-refractivity contribution in [2.75, 3.05) is 26.1 Å². The van der Waals surface area contributed by atoms with Gasteiger partial charge in [-0.3, -0.25) is 0 Å². The van der Waals surface area contributed by atoms with Crippen molar-refractivity contribution in [2.24, 2.45) is 4.99 Å². The highest BCUT2D eigenvalue weighted by atomic mass is 32.2. The summed E-state index contributed by atoms with van der Waals surface area (Å²) in [6.45, 7) is 4.54. The summed E-state index contributed by atoms with van der Waals surface area (Å²) in [5.74, 6) is 2.47. The van der Waals surface area contributed by atoms with Gasteiger partial charge in [0.2, 0.25) is 0 Å². The van der Waals surface area contributed by atoms with Crippen molar-refractivity contribution in [1.29, 1.82) is 0 Å². The van der Waals surface area contributed by atoms with E-state index in [1.54, 1.807) is 26.0 Å². The molecule has 3 aliphatic rings. The molecule has 1 unspecified atom stereocenters. The fourth-order valence-corrected chi connectivity index (χ4v) is 4.96. The summed E-state index contributed by atoms with van der Waals surface area (Å²) in [6.07, 6.45) is 0.795. The molecule has 0 aromatic heterocycles. The van der Waals surface area contributed by atoms with E-state index >= 15 is 0 Å². The van der Waals surface area contributed by atoms with E-state index in [0.29, 0.717) is 24.0 Å². The predicted molar refractivity (Wildman–Crippen MR) is 101 cm³/mol. The van der Waals surface area contributed by atoms with Gasteiger partial charge in [0.05, 0.1) is 23.7 Å². The minimum absolute atomic E-state index is 0.0210. The summed E-state index contributed by atoms with van der Waals surface area (Å²) in [5, 5.41) is 13.7. The number of para-hydroxylation sites is 2. The van der Waals surface area contributed by atoms with Crippen LogP contribution in [0.2, 0.25) is 0 Å². The number of nitrogens with one attached hydrogen (secondary N) is 1. The number of anilines is 1. The van der Waals surface area contributed by atoms with Crippen LogP contribution in [0.4, 0.5) is 5.69 Å². The number of aliphatic hydroxyl groups is 1. The minimum atomic E-state index is -0.709. The lowest BCUT2D eigenvalue weighted by Gasteiger charge is -2.34. The summed E-state index contributed by atoms with van der Waals surface area (Å²) in [4.78, 5) is 6.37. The molecule has 8 heteroatoms. The van der Waals surface area contributed by atoms with Crippen LogP contribution in [0.15, 0.2) is 53.6 Å². The minimum Gasteiger partial charge on any atom is -0.450 e. The van der Waals surface area contributed by atoms with Crippen molar-refractivity contribution < 1.29 is 19.3 Å². The van der Waals surface area contributed by atoms with Crippen molar-refractivity contribution >= 4 is 23.3 Å². The lowest BCUT2D eigenvalue weighted by Crippen LogP contribution is -2.43. The molecule has 26 heavy (non-hydrogen) atoms. The lowest BCUT2D eigenvalue weighted by atomic mass is 10.1. The van der Waals surface area contributed by atoms with Gasteiger partial charge in [0.25, 0.3) is 0 Å². The van der Waals surface area contributed by atoms with Gasteiger partial charge < -0.3 is 29.5 Å². The number of hydrogen-bond donors (Lipinski definition) is 2. The zero-order valence-corrected chi connectivity index (χ0v) is 15.4. The second-order valence-corrected chi connectivity index (χ2v) is 7.57. The lowest BCUT2D eigenvalue weighted by molar-refractivity contribution is -0.0248. The second-order valence-electron chi connectivity index (χ2n) is 6.21. The Morgan fingerprint density at radius 3 is 2.96 bits per heavy atom. The maximum atomic E-state index is 10.8. The molecule has 3 heterocycles. The van der Waals surface area contributed by atoms with Crippen molar-refractivity contribution in [2.45, 2.75) is 22.8 Å². The Balaban J connectivity index is 1.61. The molecule has 0 spiro atoms. The molecule has 3 aliphatic heterocycles. The highest BCUT2D eigenvalue weighted by Gasteiger charge is 2.47. The smallest absolute Gasteiger partial charge is 0.186 e. The van der Waals surface area contributed by atoms with Crippen molar-refractivity contribution in [1.82, 2.24) is 4.90 Å². The van der Waals surface area contributed by atoms with Crippen LogP contribution in [-0.2, 0) is 9.47 Å². The Morgan fingerprint density at radius 2 is 2.19 bits per heavy atom. The van der Waals surface area contributed by atoms with Gasteiger partial charge in [0, 0.05) is 14.2 Å². The molecule has 4 atom stereocenters. The number of ether oxygens (including phenoxy) is 3. The van der Waals surface area contributed by atoms with E-state index in [9.17, 15) is 5.11 Å². The number of methoxy groups -OCH3 is 2. The van der Waals surface area contributed by atoms with Crippen LogP contribution in [0.25, 0.3) is 0 Å². The maximum Gasteiger partial charge on any atom is 0.186 e. The van der Waals surface area contributed by atoms with Crippen LogP contribution in [0.3, 0.4) is 0 Å². The molecule has 4 rings (SSSR count). The van der Waals surface area contributed by atoms with E-state index < -0.39 is 6.10 Å². The highest BCUT2D eigenvalue weighted by Crippen LogP contribution is 2.41. The Bertz CT molecular complexity index is 781. The summed E-state index contributed by atoms with van der Waals surface area (Å²) in [5.41, 5.74) is 0.861. The fourth-order valence-electron chi connectivity index (χ4n) is 3.33. The van der Waals surface area contributed by atoms with Crippen molar-refractivity contribution in [3.05, 3.63) is 48.6 Å². The van der Waals surface area contributed by atoms with Crippen LogP contribution in [0, 0.1) is 0 Å². The highest BCUT2D eigenvalue weighted by molar-refractivity contribution is 8.00. The van der Waals surface area contributed by atoms with E-state index in [0.717, 1.165) is 11.4 Å². The van der Waals surface area contributed by atoms with Crippen LogP contribution < -0.4 is 10.1 Å². The molecule has 0 saturated carbocycles. The zero-order chi connectivity index (χ0) is 18.3. The van der Waals surface area contributed by atoms with Gasteiger partial charge in [-0.15, -0.1) is 11.8 Å². The first-order chi connectivity index (χ1) is 12.6. The molecule has 1 saturated heterocycles. The summed E-state index contributed by atoms with van der Waals surface area (Å²) in [7, 11) is 3.24. The third-order valence-corrected chi connectivity index (χ3v) is 6.11. The topological polar surface area (TPSA) is 75.6 Å². The maximum absolute atomic E-state index is 10.8. The standard InChI is InChI=1S/C18H21N3O4S/c1-10-19-17-13(25-12-7-5-4-6-11(12)20-17)8-21(10)18-15(22)16(24-3)14(26-18)9-23-2/h4-8,14-16,18,22H,1,9H2,2-3H3,(H,19,20)/t14-,15+,16?,18-/m1/s1. The molecule has 0 bridgehead atoms. The number of benzene rings is 1. The molecule has 1 fully saturated rings. The number of rotatable bonds is 4. The summed E-state index contributed by atoms with van der Waals surface area (Å²) < 4.78 is 16.7. The first-order valence-electron chi connectivity index (χ1n) is 8.29. The van der Waals surface area contributed by atoms with Gasteiger partial charge >= 0.3 is 0 Å². The Morgan fingerprint density at radius 1 is 1.38 bits per heavy atom. The number of aliphatic hydroxyl groups excluding tert-OH is 1. The van der Waals surface area contributed by atoms with E-state index in [-0.39, 0.29) is 16.7 Å². The first-order valence-corrected chi connectivity index (χ1v) is 9.24. The van der Waals surface area contributed by atoms with Gasteiger partial charge in [0.1, 0.15) is 23.4 Å². The van der Waals surface area contributed by atoms with Gasteiger partial charge in [-0.2, -0.15) is 0 Å². The Kier molecular flexibility index (Phi) is 4.66. The van der Waals surface area contributed by atoms with Gasteiger partial charge in [-0.05, 0) is 12.1 Å². The molecule has 0 radical (unpaired) electrons.